The second-order valence-electron chi connectivity index (χ2n) is 5.12. The molecule has 1 aliphatic carbocycles. The van der Waals surface area contributed by atoms with E-state index in [-0.39, 0.29) is 6.61 Å². The quantitative estimate of drug-likeness (QED) is 0.628. The molecule has 0 spiro atoms. The van der Waals surface area contributed by atoms with Crippen LogP contribution < -0.4 is 4.72 Å². The third-order valence-electron chi connectivity index (χ3n) is 3.64. The van der Waals surface area contributed by atoms with E-state index in [1.54, 1.807) is 0 Å². The molecule has 0 aromatic heterocycles. The summed E-state index contributed by atoms with van der Waals surface area (Å²) in [6, 6.07) is 2.40. The van der Waals surface area contributed by atoms with Crippen LogP contribution in [-0.4, -0.2) is 30.6 Å². The highest BCUT2D eigenvalue weighted by atomic mass is 32.2. The second kappa shape index (κ2) is 5.66. The van der Waals surface area contributed by atoms with E-state index in [4.69, 9.17) is 0 Å². The smallest absolute Gasteiger partial charge is 0.304 e. The largest absolute Gasteiger partial charge is 0.394 e. The Morgan fingerprint density at radius 3 is 2.48 bits per heavy atom. The van der Waals surface area contributed by atoms with Gasteiger partial charge in [0.1, 0.15) is 0 Å². The minimum atomic E-state index is -4.05. The fraction of sp³-hybridized carbons (Fsp3) is 0.500. The summed E-state index contributed by atoms with van der Waals surface area (Å²) in [7, 11) is -4.05. The normalized spacial score (nSPS) is 17.8. The molecule has 0 heterocycles. The van der Waals surface area contributed by atoms with Crippen LogP contribution in [0, 0.1) is 15.9 Å². The number of hydrogen-bond acceptors (Lipinski definition) is 5. The van der Waals surface area contributed by atoms with E-state index >= 15 is 0 Å². The van der Waals surface area contributed by atoms with E-state index in [2.05, 4.69) is 4.72 Å². The third kappa shape index (κ3) is 3.20. The van der Waals surface area contributed by atoms with Crippen LogP contribution >= 0.6 is 0 Å². The van der Waals surface area contributed by atoms with Crippen LogP contribution in [-0.2, 0) is 10.0 Å². The van der Waals surface area contributed by atoms with Gasteiger partial charge in [-0.15, -0.1) is 0 Å². The predicted octanol–water partition coefficient (Wildman–Crippen LogP) is 1.32. The van der Waals surface area contributed by atoms with Gasteiger partial charge in [0, 0.05) is 12.1 Å². The number of nitro groups is 1. The number of aliphatic hydroxyl groups excluding tert-OH is 1. The Balaban J connectivity index is 2.31. The van der Waals surface area contributed by atoms with Crippen molar-refractivity contribution in [3.63, 3.8) is 0 Å². The Morgan fingerprint density at radius 2 is 2.00 bits per heavy atom. The molecule has 21 heavy (non-hydrogen) atoms. The van der Waals surface area contributed by atoms with Gasteiger partial charge in [0.15, 0.2) is 0 Å². The molecule has 1 aromatic carbocycles. The van der Waals surface area contributed by atoms with E-state index in [0.717, 1.165) is 25.0 Å². The Labute approximate surface area is 121 Å². The molecular weight excluding hydrogens is 303 g/mol. The number of sulfonamides is 1. The molecule has 2 rings (SSSR count). The Morgan fingerprint density at radius 1 is 1.38 bits per heavy atom. The SMILES string of the molecule is O=[N+]([O-])c1ccc(S(=O)(=O)NC2(CO)CCCC2)cc1F. The highest BCUT2D eigenvalue weighted by molar-refractivity contribution is 7.89. The molecule has 0 atom stereocenters. The number of benzene rings is 1. The summed E-state index contributed by atoms with van der Waals surface area (Å²) in [6.07, 6.45) is 2.58. The number of halogens is 1. The number of nitro benzene ring substituents is 1. The summed E-state index contributed by atoms with van der Waals surface area (Å²) in [5, 5.41) is 19.9. The van der Waals surface area contributed by atoms with Crippen LogP contribution in [0.2, 0.25) is 0 Å². The van der Waals surface area contributed by atoms with E-state index in [0.29, 0.717) is 18.9 Å². The first kappa shape index (κ1) is 15.8. The van der Waals surface area contributed by atoms with Crippen molar-refractivity contribution in [2.75, 3.05) is 6.61 Å². The van der Waals surface area contributed by atoms with Gasteiger partial charge in [-0.2, -0.15) is 4.39 Å². The Hall–Kier alpha value is -1.58. The maximum absolute atomic E-state index is 13.5. The van der Waals surface area contributed by atoms with Gasteiger partial charge in [0.25, 0.3) is 0 Å². The average molecular weight is 318 g/mol. The zero-order valence-electron chi connectivity index (χ0n) is 11.1. The summed E-state index contributed by atoms with van der Waals surface area (Å²) < 4.78 is 40.4. The number of nitrogens with one attached hydrogen (secondary N) is 1. The van der Waals surface area contributed by atoms with Crippen molar-refractivity contribution in [3.8, 4) is 0 Å². The van der Waals surface area contributed by atoms with Gasteiger partial charge in [-0.05, 0) is 18.9 Å². The summed E-state index contributed by atoms with van der Waals surface area (Å²) in [5.74, 6) is -1.22. The number of nitrogens with zero attached hydrogens (tertiary/aromatic N) is 1. The summed E-state index contributed by atoms with van der Waals surface area (Å²) in [5.41, 5.74) is -1.72. The number of rotatable bonds is 5. The summed E-state index contributed by atoms with van der Waals surface area (Å²) in [6.45, 7) is -0.346. The van der Waals surface area contributed by atoms with Crippen molar-refractivity contribution in [3.05, 3.63) is 34.1 Å². The van der Waals surface area contributed by atoms with E-state index in [1.165, 1.54) is 0 Å². The average Bonchev–Trinajstić information content (AvgIpc) is 2.86. The highest BCUT2D eigenvalue weighted by Crippen LogP contribution is 2.31. The second-order valence-corrected chi connectivity index (χ2v) is 6.80. The van der Waals surface area contributed by atoms with Crippen LogP contribution in [0.5, 0.6) is 0 Å². The van der Waals surface area contributed by atoms with Gasteiger partial charge in [0.2, 0.25) is 15.8 Å². The van der Waals surface area contributed by atoms with Crippen LogP contribution in [0.4, 0.5) is 10.1 Å². The van der Waals surface area contributed by atoms with Gasteiger partial charge in [-0.1, -0.05) is 12.8 Å². The lowest BCUT2D eigenvalue weighted by atomic mass is 10.0. The lowest BCUT2D eigenvalue weighted by Gasteiger charge is -2.27. The van der Waals surface area contributed by atoms with Crippen molar-refractivity contribution < 1.29 is 22.8 Å². The molecule has 0 amide bonds. The summed E-state index contributed by atoms with van der Waals surface area (Å²) >= 11 is 0. The van der Waals surface area contributed by atoms with Crippen LogP contribution in [0.1, 0.15) is 25.7 Å². The van der Waals surface area contributed by atoms with Crippen molar-refractivity contribution >= 4 is 15.7 Å². The van der Waals surface area contributed by atoms with Crippen LogP contribution in [0.15, 0.2) is 23.1 Å². The van der Waals surface area contributed by atoms with Gasteiger partial charge < -0.3 is 5.11 Å². The molecule has 0 radical (unpaired) electrons. The molecule has 1 fully saturated rings. The minimum absolute atomic E-state index is 0.346. The first-order valence-corrected chi connectivity index (χ1v) is 7.87. The molecule has 1 aromatic rings. The van der Waals surface area contributed by atoms with E-state index in [9.17, 15) is 28.0 Å². The first-order chi connectivity index (χ1) is 9.80. The van der Waals surface area contributed by atoms with Crippen molar-refractivity contribution in [2.24, 2.45) is 0 Å². The standard InChI is InChI=1S/C12H15FN2O5S/c13-10-7-9(3-4-11(10)15(17)18)21(19,20)14-12(8-16)5-1-2-6-12/h3-4,7,14,16H,1-2,5-6,8H2. The first-order valence-electron chi connectivity index (χ1n) is 6.38. The molecular formula is C12H15FN2O5S. The molecule has 7 nitrogen and oxygen atoms in total. The summed E-state index contributed by atoms with van der Waals surface area (Å²) in [4.78, 5) is 9.20. The van der Waals surface area contributed by atoms with Gasteiger partial charge >= 0.3 is 5.69 Å². The zero-order chi connectivity index (χ0) is 15.7. The van der Waals surface area contributed by atoms with Gasteiger partial charge in [0.05, 0.1) is 22.0 Å². The maximum Gasteiger partial charge on any atom is 0.304 e. The Bertz CT molecular complexity index is 656. The fourth-order valence-electron chi connectivity index (χ4n) is 2.49. The molecule has 0 unspecified atom stereocenters. The minimum Gasteiger partial charge on any atom is -0.394 e. The lowest BCUT2D eigenvalue weighted by Crippen LogP contribution is -2.49. The lowest BCUT2D eigenvalue weighted by molar-refractivity contribution is -0.387. The molecule has 2 N–H and O–H groups in total. The van der Waals surface area contributed by atoms with E-state index < -0.39 is 36.9 Å². The van der Waals surface area contributed by atoms with Crippen molar-refractivity contribution in [2.45, 2.75) is 36.1 Å². The molecule has 1 saturated carbocycles. The number of hydrogen-bond donors (Lipinski definition) is 2. The topological polar surface area (TPSA) is 110 Å². The highest BCUT2D eigenvalue weighted by Gasteiger charge is 2.37. The van der Waals surface area contributed by atoms with Crippen LogP contribution in [0.25, 0.3) is 0 Å². The third-order valence-corrected chi connectivity index (χ3v) is 5.22. The molecule has 0 bridgehead atoms. The predicted molar refractivity (Wildman–Crippen MR) is 71.7 cm³/mol. The molecule has 1 aliphatic rings. The molecule has 116 valence electrons. The molecule has 0 saturated heterocycles. The Kier molecular flexibility index (Phi) is 4.26. The van der Waals surface area contributed by atoms with Gasteiger partial charge in [-0.25, -0.2) is 13.1 Å². The number of aliphatic hydroxyl groups is 1. The maximum atomic E-state index is 13.5. The fourth-order valence-corrected chi connectivity index (χ4v) is 3.95. The molecule has 9 heteroatoms. The van der Waals surface area contributed by atoms with Gasteiger partial charge in [-0.3, -0.25) is 10.1 Å². The monoisotopic (exact) mass is 318 g/mol. The molecule has 0 aliphatic heterocycles. The van der Waals surface area contributed by atoms with E-state index in [1.807, 2.05) is 0 Å². The van der Waals surface area contributed by atoms with Crippen molar-refractivity contribution in [1.82, 2.24) is 4.72 Å². The zero-order valence-corrected chi connectivity index (χ0v) is 11.9. The van der Waals surface area contributed by atoms with Crippen LogP contribution in [0.3, 0.4) is 0 Å². The van der Waals surface area contributed by atoms with Crippen molar-refractivity contribution in [1.29, 1.82) is 0 Å².